The van der Waals surface area contributed by atoms with Crippen molar-refractivity contribution in [2.45, 2.75) is 65.5 Å². The minimum atomic E-state index is -1.54. The fourth-order valence-electron chi connectivity index (χ4n) is 3.55. The van der Waals surface area contributed by atoms with Crippen molar-refractivity contribution >= 4 is 73.4 Å². The molecule has 0 atom stereocenters. The summed E-state index contributed by atoms with van der Waals surface area (Å²) >= 11 is 4.32. The molecule has 0 spiro atoms. The molecule has 1 aliphatic heterocycles. The van der Waals surface area contributed by atoms with Crippen LogP contribution in [0.1, 0.15) is 0 Å². The molecule has 0 unspecified atom stereocenters. The summed E-state index contributed by atoms with van der Waals surface area (Å²) in [7, 11) is -5.26. The van der Waals surface area contributed by atoms with E-state index in [4.69, 9.17) is 0 Å². The van der Waals surface area contributed by atoms with Gasteiger partial charge < -0.3 is 0 Å². The Kier molecular flexibility index (Phi) is 4.28. The van der Waals surface area contributed by atoms with Gasteiger partial charge in [-0.3, -0.25) is 0 Å². The summed E-state index contributed by atoms with van der Waals surface area (Å²) in [6.45, 7) is 25.6. The van der Waals surface area contributed by atoms with Crippen LogP contribution < -0.4 is 19.4 Å². The molecule has 0 nitrogen and oxygen atoms in total. The molecule has 2 aromatic rings. The van der Waals surface area contributed by atoms with Gasteiger partial charge in [0.25, 0.3) is 0 Å². The average Bonchev–Trinajstić information content (AvgIpc) is 3.01. The monoisotopic (exact) mass is 424 g/mol. The van der Waals surface area contributed by atoms with Crippen LogP contribution in [-0.4, -0.2) is 31.3 Å². The third-order valence-electron chi connectivity index (χ3n) is 5.73. The first-order chi connectivity index (χ1) is 10.7. The topological polar surface area (TPSA) is 0 Å². The molecule has 6 heteroatoms. The molecule has 3 heterocycles. The first-order valence-corrected chi connectivity index (χ1v) is 24.6. The summed E-state index contributed by atoms with van der Waals surface area (Å²) in [6, 6.07) is 5.36. The summed E-state index contributed by atoms with van der Waals surface area (Å²) in [6.07, 6.45) is 0. The molecule has 3 rings (SSSR count). The quantitative estimate of drug-likeness (QED) is 0.637. The number of rotatable bonds is 3. The largest absolute Gasteiger partial charge is 0.144 e. The van der Waals surface area contributed by atoms with E-state index >= 15 is 0 Å². The Morgan fingerprint density at radius 2 is 1.00 bits per heavy atom. The van der Waals surface area contributed by atoms with Crippen LogP contribution >= 0.6 is 22.7 Å². The molecular formula is C18H32S2Si4. The Morgan fingerprint density at radius 1 is 0.667 bits per heavy atom. The molecule has 1 aliphatic rings. The van der Waals surface area contributed by atoms with Gasteiger partial charge in [0, 0.05) is 17.3 Å². The summed E-state index contributed by atoms with van der Waals surface area (Å²) in [4.78, 5) is 3.38. The molecule has 0 aliphatic carbocycles. The molecule has 24 heavy (non-hydrogen) atoms. The highest BCUT2D eigenvalue weighted by molar-refractivity contribution is 7.55. The van der Waals surface area contributed by atoms with Crippen LogP contribution in [0.4, 0.5) is 0 Å². The van der Waals surface area contributed by atoms with Gasteiger partial charge in [0.2, 0.25) is 0 Å². The van der Waals surface area contributed by atoms with Gasteiger partial charge in [0.05, 0.1) is 16.1 Å². The summed E-state index contributed by atoms with van der Waals surface area (Å²) < 4.78 is 3.44. The molecule has 0 saturated heterocycles. The third kappa shape index (κ3) is 2.68. The number of fused-ring (bicyclic) bond motifs is 3. The molecule has 0 radical (unpaired) electrons. The van der Waals surface area contributed by atoms with E-state index in [0.29, 0.717) is 0 Å². The van der Waals surface area contributed by atoms with Crippen molar-refractivity contribution in [2.75, 3.05) is 0 Å². The van der Waals surface area contributed by atoms with Gasteiger partial charge in [-0.15, -0.1) is 22.7 Å². The lowest BCUT2D eigenvalue weighted by Gasteiger charge is -2.36. The van der Waals surface area contributed by atoms with Gasteiger partial charge in [0.15, 0.2) is 0 Å². The van der Waals surface area contributed by atoms with Crippen molar-refractivity contribution in [1.82, 2.24) is 0 Å². The predicted octanol–water partition coefficient (Wildman–Crippen LogP) is 4.49. The SMILES string of the molecule is C[Si](C)(C)c1cc2c(s1)-c1sc([Si](C)(C)C)cc1[Si]2(C)[Si](C)(C)C. The van der Waals surface area contributed by atoms with Gasteiger partial charge in [-0.1, -0.05) is 77.6 Å². The summed E-state index contributed by atoms with van der Waals surface area (Å²) in [5.41, 5.74) is 0. The lowest BCUT2D eigenvalue weighted by Crippen LogP contribution is -2.69. The zero-order chi connectivity index (χ0) is 18.3. The Balaban J connectivity index is 2.32. The van der Waals surface area contributed by atoms with E-state index in [-0.39, 0.29) is 0 Å². The van der Waals surface area contributed by atoms with E-state index in [1.165, 1.54) is 0 Å². The van der Waals surface area contributed by atoms with E-state index in [1.807, 2.05) is 10.4 Å². The van der Waals surface area contributed by atoms with Gasteiger partial charge >= 0.3 is 0 Å². The van der Waals surface area contributed by atoms with Crippen LogP contribution in [0, 0.1) is 0 Å². The fourth-order valence-corrected chi connectivity index (χ4v) is 22.3. The fraction of sp³-hybridized carbons (Fsp3) is 0.556. The van der Waals surface area contributed by atoms with Crippen LogP contribution in [0.3, 0.4) is 0 Å². The normalized spacial score (nSPS) is 17.1. The molecule has 0 saturated carbocycles. The highest BCUT2D eigenvalue weighted by Crippen LogP contribution is 2.39. The van der Waals surface area contributed by atoms with Crippen molar-refractivity contribution in [2.24, 2.45) is 0 Å². The minimum absolute atomic E-state index is 1.23. The second kappa shape index (κ2) is 5.39. The van der Waals surface area contributed by atoms with Crippen molar-refractivity contribution in [1.29, 1.82) is 0 Å². The van der Waals surface area contributed by atoms with E-state index < -0.39 is 31.3 Å². The van der Waals surface area contributed by atoms with Crippen LogP contribution in [0.25, 0.3) is 9.75 Å². The first kappa shape index (κ1) is 19.0. The van der Waals surface area contributed by atoms with Crippen LogP contribution in [-0.2, 0) is 0 Å². The number of thiophene rings is 2. The molecule has 0 bridgehead atoms. The highest BCUT2D eigenvalue weighted by atomic mass is 32.1. The Morgan fingerprint density at radius 3 is 1.25 bits per heavy atom. The predicted molar refractivity (Wildman–Crippen MR) is 128 cm³/mol. The summed E-state index contributed by atoms with van der Waals surface area (Å²) in [5, 5.41) is 3.62. The Bertz CT molecular complexity index is 736. The second-order valence-corrected chi connectivity index (χ2v) is 38.8. The van der Waals surface area contributed by atoms with Crippen molar-refractivity contribution in [3.63, 3.8) is 0 Å². The van der Waals surface area contributed by atoms with Crippen LogP contribution in [0.5, 0.6) is 0 Å². The third-order valence-corrected chi connectivity index (χ3v) is 32.2. The van der Waals surface area contributed by atoms with Crippen LogP contribution in [0.15, 0.2) is 12.1 Å². The zero-order valence-corrected chi connectivity index (χ0v) is 22.6. The zero-order valence-electron chi connectivity index (χ0n) is 17.0. The molecule has 0 amide bonds. The second-order valence-electron chi connectivity index (χ2n) is 10.6. The van der Waals surface area contributed by atoms with Gasteiger partial charge in [-0.2, -0.15) is 0 Å². The molecule has 0 fully saturated rings. The van der Waals surface area contributed by atoms with Crippen LogP contribution in [0.2, 0.25) is 65.5 Å². The van der Waals surface area contributed by atoms with E-state index in [2.05, 4.69) is 100 Å². The van der Waals surface area contributed by atoms with E-state index in [0.717, 1.165) is 0 Å². The first-order valence-electron chi connectivity index (χ1n) is 8.97. The maximum Gasteiger partial charge on any atom is 0.111 e. The molecule has 0 aromatic carbocycles. The smallest absolute Gasteiger partial charge is 0.111 e. The maximum atomic E-state index is 2.70. The van der Waals surface area contributed by atoms with E-state index in [1.54, 1.807) is 18.8 Å². The highest BCUT2D eigenvalue weighted by Gasteiger charge is 2.53. The maximum absolute atomic E-state index is 2.70. The molecule has 132 valence electrons. The lowest BCUT2D eigenvalue weighted by molar-refractivity contribution is 1.77. The van der Waals surface area contributed by atoms with Crippen molar-refractivity contribution in [3.8, 4) is 9.75 Å². The number of hydrogen-bond donors (Lipinski definition) is 0. The van der Waals surface area contributed by atoms with E-state index in [9.17, 15) is 0 Å². The van der Waals surface area contributed by atoms with Crippen molar-refractivity contribution in [3.05, 3.63) is 12.1 Å². The summed E-state index contributed by atoms with van der Waals surface area (Å²) in [5.74, 6) is 0. The lowest BCUT2D eigenvalue weighted by atomic mass is 10.4. The van der Waals surface area contributed by atoms with Crippen molar-refractivity contribution < 1.29 is 0 Å². The molecule has 0 N–H and O–H groups in total. The number of hydrogen-bond acceptors (Lipinski definition) is 2. The Labute approximate surface area is 160 Å². The molecular weight excluding hydrogens is 393 g/mol. The molecule has 2 aromatic heterocycles. The van der Waals surface area contributed by atoms with Gasteiger partial charge in [-0.25, -0.2) is 0 Å². The minimum Gasteiger partial charge on any atom is -0.144 e. The van der Waals surface area contributed by atoms with Gasteiger partial charge in [0.1, 0.15) is 7.59 Å². The van der Waals surface area contributed by atoms with Gasteiger partial charge in [-0.05, 0) is 19.4 Å². The standard InChI is InChI=1S/C18H32S2Si4/c1-21(2,3)15-11-13-17(19-15)18-14(24(13,10)23(7,8)9)12-16(20-18)22(4,5)6/h11-12H,1-10H3. The average molecular weight is 425 g/mol. The Hall–Kier alpha value is 0.268.